The van der Waals surface area contributed by atoms with Crippen LogP contribution in [0.25, 0.3) is 0 Å². The van der Waals surface area contributed by atoms with Crippen molar-refractivity contribution in [1.82, 2.24) is 31.9 Å². The summed E-state index contributed by atoms with van der Waals surface area (Å²) in [5.74, 6) is -9.20. The maximum atomic E-state index is 14.3. The second-order valence-corrected chi connectivity index (χ2v) is 16.7. The Morgan fingerprint density at radius 3 is 1.34 bits per heavy atom. The van der Waals surface area contributed by atoms with Crippen molar-refractivity contribution in [1.29, 1.82) is 0 Å². The van der Waals surface area contributed by atoms with Gasteiger partial charge >= 0.3 is 11.9 Å². The second-order valence-electron chi connectivity index (χ2n) is 16.7. The van der Waals surface area contributed by atoms with Gasteiger partial charge in [-0.1, -0.05) is 145 Å². The van der Waals surface area contributed by atoms with Crippen LogP contribution in [0, 0.1) is 17.8 Å². The number of amides is 6. The molecule has 0 spiro atoms. The number of benzene rings is 3. The number of rotatable bonds is 25. The molecule has 64 heavy (non-hydrogen) atoms. The van der Waals surface area contributed by atoms with Crippen molar-refractivity contribution in [2.75, 3.05) is 0 Å². The number of aliphatic carboxylic acids is 2. The van der Waals surface area contributed by atoms with Crippen molar-refractivity contribution in [2.24, 2.45) is 17.8 Å². The van der Waals surface area contributed by atoms with Crippen molar-refractivity contribution in [3.63, 3.8) is 0 Å². The van der Waals surface area contributed by atoms with Gasteiger partial charge < -0.3 is 42.1 Å². The first-order chi connectivity index (χ1) is 30.4. The van der Waals surface area contributed by atoms with Crippen molar-refractivity contribution in [3.8, 4) is 0 Å². The van der Waals surface area contributed by atoms with Gasteiger partial charge in [-0.05, 0) is 40.9 Å². The zero-order chi connectivity index (χ0) is 47.5. The first-order valence-corrected chi connectivity index (χ1v) is 21.7. The highest BCUT2D eigenvalue weighted by molar-refractivity contribution is 5.98. The van der Waals surface area contributed by atoms with Gasteiger partial charge in [-0.3, -0.25) is 33.6 Å². The molecule has 16 heteroatoms. The molecule has 3 rings (SSSR count). The molecule has 0 bridgehead atoms. The molecule has 8 N–H and O–H groups in total. The number of hydrogen-bond donors (Lipinski definition) is 8. The number of carboxylic acids is 2. The molecular weight excluding hydrogens is 821 g/mol. The van der Waals surface area contributed by atoms with E-state index in [-0.39, 0.29) is 18.8 Å². The molecule has 0 aliphatic heterocycles. The zero-order valence-corrected chi connectivity index (χ0v) is 37.6. The highest BCUT2D eigenvalue weighted by Gasteiger charge is 2.38. The first-order valence-electron chi connectivity index (χ1n) is 21.7. The molecule has 346 valence electrons. The second kappa shape index (κ2) is 25.5. The van der Waals surface area contributed by atoms with Crippen LogP contribution in [0.2, 0.25) is 0 Å². The van der Waals surface area contributed by atoms with Crippen LogP contribution in [0.1, 0.15) is 96.8 Å². The van der Waals surface area contributed by atoms with E-state index in [9.17, 15) is 48.6 Å². The minimum absolute atomic E-state index is 0.00912. The third-order valence-electron chi connectivity index (χ3n) is 11.1. The van der Waals surface area contributed by atoms with Crippen LogP contribution in [-0.4, -0.2) is 93.8 Å². The summed E-state index contributed by atoms with van der Waals surface area (Å²) in [5, 5.41) is 35.6. The molecular formula is C48H64N6O10. The molecule has 0 aliphatic carbocycles. The predicted octanol–water partition coefficient (Wildman–Crippen LogP) is 3.69. The molecule has 0 heterocycles. The van der Waals surface area contributed by atoms with Gasteiger partial charge in [-0.15, -0.1) is 0 Å². The van der Waals surface area contributed by atoms with Gasteiger partial charge in [0.25, 0.3) is 0 Å². The highest BCUT2D eigenvalue weighted by atomic mass is 16.4. The van der Waals surface area contributed by atoms with Gasteiger partial charge in [-0.25, -0.2) is 4.79 Å². The van der Waals surface area contributed by atoms with Crippen LogP contribution in [0.15, 0.2) is 91.0 Å². The van der Waals surface area contributed by atoms with Crippen LogP contribution in [-0.2, 0) is 44.8 Å². The average Bonchev–Trinajstić information content (AvgIpc) is 3.26. The van der Waals surface area contributed by atoms with Crippen LogP contribution in [0.5, 0.6) is 0 Å². The Morgan fingerprint density at radius 2 is 0.906 bits per heavy atom. The molecule has 3 aromatic carbocycles. The van der Waals surface area contributed by atoms with Crippen molar-refractivity contribution >= 4 is 47.4 Å². The Hall–Kier alpha value is -6.58. The summed E-state index contributed by atoms with van der Waals surface area (Å²) in [6.45, 7) is 11.8. The minimum Gasteiger partial charge on any atom is -0.481 e. The van der Waals surface area contributed by atoms with E-state index in [4.69, 9.17) is 0 Å². The quantitative estimate of drug-likeness (QED) is 0.0613. The SMILES string of the molecule is CC[C@H](C)[C@H](NC(=O)[C@H](CC(=O)O)NC(=O)[C@H](CC(C)C)NC(=O)[C@@H](NC(C)=O)C(c1ccccc1)c1ccccc1)C(=O)N[C@H](C(=O)N[C@@H](Cc1ccccc1)C(=O)O)[C@@H](C)CC. The standard InChI is InChI=1S/C48H64N6O10/c1-8-29(5)40(45(60)52-37(48(63)64)26-32-19-13-10-14-20-32)54-46(61)41(30(6)9-2)53-44(59)36(27-38(56)57)50-43(58)35(25-28(3)4)51-47(62)42(49-31(7)55)39(33-21-15-11-16-22-33)34-23-17-12-18-24-34/h10-24,28-30,35-37,39-42H,8-9,25-27H2,1-7H3,(H,49,55)(H,50,58)(H,51,62)(H,52,60)(H,53,59)(H,54,61)(H,56,57)(H,63,64)/t29-,30-,35-,36-,37-,40-,41-,42-/m0/s1. The zero-order valence-electron chi connectivity index (χ0n) is 37.6. The summed E-state index contributed by atoms with van der Waals surface area (Å²) >= 11 is 0. The van der Waals surface area contributed by atoms with Gasteiger partial charge in [0.1, 0.15) is 36.3 Å². The van der Waals surface area contributed by atoms with E-state index in [1.54, 1.807) is 82.3 Å². The Morgan fingerprint density at radius 1 is 0.500 bits per heavy atom. The third kappa shape index (κ3) is 16.0. The van der Waals surface area contributed by atoms with Crippen molar-refractivity contribution in [3.05, 3.63) is 108 Å². The molecule has 6 amide bonds. The average molecular weight is 885 g/mol. The topological polar surface area (TPSA) is 249 Å². The fraction of sp³-hybridized carbons (Fsp3) is 0.458. The number of hydrogen-bond acceptors (Lipinski definition) is 8. The van der Waals surface area contributed by atoms with Gasteiger partial charge in [0, 0.05) is 19.3 Å². The van der Waals surface area contributed by atoms with Crippen LogP contribution >= 0.6 is 0 Å². The summed E-state index contributed by atoms with van der Waals surface area (Å²) in [6, 6.07) is 18.8. The molecule has 0 unspecified atom stereocenters. The van der Waals surface area contributed by atoms with Crippen LogP contribution < -0.4 is 31.9 Å². The van der Waals surface area contributed by atoms with E-state index >= 15 is 0 Å². The Bertz CT molecular complexity index is 1990. The largest absolute Gasteiger partial charge is 0.481 e. The predicted molar refractivity (Wildman–Crippen MR) is 240 cm³/mol. The Labute approximate surface area is 375 Å². The normalized spacial score (nSPS) is 14.9. The van der Waals surface area contributed by atoms with E-state index in [1.165, 1.54) is 6.92 Å². The van der Waals surface area contributed by atoms with Gasteiger partial charge in [0.15, 0.2) is 0 Å². The lowest BCUT2D eigenvalue weighted by atomic mass is 9.84. The molecule has 0 radical (unpaired) electrons. The monoisotopic (exact) mass is 884 g/mol. The lowest BCUT2D eigenvalue weighted by Crippen LogP contribution is -2.61. The maximum absolute atomic E-state index is 14.3. The Balaban J connectivity index is 1.89. The number of carbonyl (C=O) groups excluding carboxylic acids is 6. The summed E-state index contributed by atoms with van der Waals surface area (Å²) in [5.41, 5.74) is 2.11. The fourth-order valence-electron chi connectivity index (χ4n) is 7.25. The summed E-state index contributed by atoms with van der Waals surface area (Å²) < 4.78 is 0. The van der Waals surface area contributed by atoms with Crippen LogP contribution in [0.3, 0.4) is 0 Å². The maximum Gasteiger partial charge on any atom is 0.326 e. The summed E-state index contributed by atoms with van der Waals surface area (Å²) in [7, 11) is 0. The molecule has 3 aromatic rings. The minimum atomic E-state index is -1.72. The highest BCUT2D eigenvalue weighted by Crippen LogP contribution is 2.29. The molecule has 16 nitrogen and oxygen atoms in total. The van der Waals surface area contributed by atoms with Gasteiger partial charge in [-0.2, -0.15) is 0 Å². The summed E-state index contributed by atoms with van der Waals surface area (Å²) in [4.78, 5) is 107. The van der Waals surface area contributed by atoms with Crippen molar-refractivity contribution < 1.29 is 48.6 Å². The van der Waals surface area contributed by atoms with Gasteiger partial charge in [0.05, 0.1) is 6.42 Å². The van der Waals surface area contributed by atoms with E-state index in [0.29, 0.717) is 29.5 Å². The van der Waals surface area contributed by atoms with E-state index < -0.39 is 108 Å². The van der Waals surface area contributed by atoms with Crippen molar-refractivity contribution in [2.45, 2.75) is 123 Å². The lowest BCUT2D eigenvalue weighted by Gasteiger charge is -2.31. The fourth-order valence-corrected chi connectivity index (χ4v) is 7.25. The molecule has 0 saturated heterocycles. The molecule has 0 aliphatic rings. The molecule has 0 fully saturated rings. The smallest absolute Gasteiger partial charge is 0.326 e. The van der Waals surface area contributed by atoms with Crippen LogP contribution in [0.4, 0.5) is 0 Å². The number of carboxylic acid groups (broad SMARTS) is 2. The van der Waals surface area contributed by atoms with E-state index in [1.807, 2.05) is 50.2 Å². The van der Waals surface area contributed by atoms with Gasteiger partial charge in [0.2, 0.25) is 35.4 Å². The van der Waals surface area contributed by atoms with E-state index in [2.05, 4.69) is 31.9 Å². The third-order valence-corrected chi connectivity index (χ3v) is 11.1. The van der Waals surface area contributed by atoms with E-state index in [0.717, 1.165) is 0 Å². The molecule has 8 atom stereocenters. The molecule has 0 aromatic heterocycles. The summed E-state index contributed by atoms with van der Waals surface area (Å²) in [6.07, 6.45) is -0.0511. The lowest BCUT2D eigenvalue weighted by molar-refractivity contribution is -0.142. The number of nitrogens with one attached hydrogen (secondary N) is 6. The molecule has 0 saturated carbocycles. The first kappa shape index (κ1) is 51.8. The number of carbonyl (C=O) groups is 8. The Kier molecular flexibility index (Phi) is 20.6.